The number of ether oxygens (including phenoxy) is 1. The van der Waals surface area contributed by atoms with Crippen molar-refractivity contribution in [2.45, 2.75) is 13.5 Å². The molecule has 0 radical (unpaired) electrons. The van der Waals surface area contributed by atoms with Gasteiger partial charge in [0.15, 0.2) is 0 Å². The molecule has 1 N–H and O–H groups in total. The third-order valence-electron chi connectivity index (χ3n) is 4.15. The van der Waals surface area contributed by atoms with Crippen LogP contribution in [-0.4, -0.2) is 5.91 Å². The first-order chi connectivity index (χ1) is 14.0. The zero-order valence-electron chi connectivity index (χ0n) is 15.9. The summed E-state index contributed by atoms with van der Waals surface area (Å²) >= 11 is 3.43. The number of benzene rings is 3. The van der Waals surface area contributed by atoms with E-state index in [-0.39, 0.29) is 5.57 Å². The lowest BCUT2D eigenvalue weighted by Gasteiger charge is -2.11. The van der Waals surface area contributed by atoms with E-state index in [4.69, 9.17) is 4.74 Å². The van der Waals surface area contributed by atoms with Crippen LogP contribution in [0.1, 0.15) is 16.7 Å². The van der Waals surface area contributed by atoms with Crippen molar-refractivity contribution in [2.24, 2.45) is 0 Å². The summed E-state index contributed by atoms with van der Waals surface area (Å²) in [6, 6.07) is 24.7. The van der Waals surface area contributed by atoms with E-state index in [2.05, 4.69) is 21.2 Å². The lowest BCUT2D eigenvalue weighted by molar-refractivity contribution is -0.112. The minimum Gasteiger partial charge on any atom is -0.488 e. The fraction of sp³-hybridized carbons (Fsp3) is 0.0833. The van der Waals surface area contributed by atoms with Crippen LogP contribution in [0, 0.1) is 18.3 Å². The summed E-state index contributed by atoms with van der Waals surface area (Å²) in [5.74, 6) is 0.125. The van der Waals surface area contributed by atoms with Crippen molar-refractivity contribution >= 4 is 33.6 Å². The maximum atomic E-state index is 12.6. The second-order valence-electron chi connectivity index (χ2n) is 6.45. The van der Waals surface area contributed by atoms with Gasteiger partial charge in [-0.2, -0.15) is 5.26 Å². The van der Waals surface area contributed by atoms with E-state index in [9.17, 15) is 10.1 Å². The Morgan fingerprint density at radius 3 is 2.62 bits per heavy atom. The molecule has 0 aliphatic heterocycles. The number of amides is 1. The first-order valence-electron chi connectivity index (χ1n) is 9.01. The quantitative estimate of drug-likeness (QED) is 0.379. The fourth-order valence-electron chi connectivity index (χ4n) is 2.72. The molecule has 0 bridgehead atoms. The van der Waals surface area contributed by atoms with Crippen molar-refractivity contribution in [2.75, 3.05) is 5.32 Å². The van der Waals surface area contributed by atoms with Crippen molar-refractivity contribution < 1.29 is 9.53 Å². The molecule has 3 aromatic rings. The number of hydrogen-bond donors (Lipinski definition) is 1. The Balaban J connectivity index is 1.83. The summed E-state index contributed by atoms with van der Waals surface area (Å²) in [5.41, 5.74) is 3.34. The number of carbonyl (C=O) groups is 1. The largest absolute Gasteiger partial charge is 0.488 e. The van der Waals surface area contributed by atoms with Gasteiger partial charge >= 0.3 is 0 Å². The van der Waals surface area contributed by atoms with Gasteiger partial charge in [-0.05, 0) is 54.5 Å². The van der Waals surface area contributed by atoms with Gasteiger partial charge in [0, 0.05) is 15.7 Å². The average molecular weight is 447 g/mol. The van der Waals surface area contributed by atoms with Gasteiger partial charge in [-0.25, -0.2) is 0 Å². The highest BCUT2D eigenvalue weighted by Crippen LogP contribution is 2.27. The second kappa shape index (κ2) is 9.72. The molecule has 0 spiro atoms. The van der Waals surface area contributed by atoms with Gasteiger partial charge in [0.1, 0.15) is 24.0 Å². The fourth-order valence-corrected chi connectivity index (χ4v) is 3.10. The van der Waals surface area contributed by atoms with Crippen molar-refractivity contribution in [3.8, 4) is 11.8 Å². The Kier molecular flexibility index (Phi) is 6.83. The molecule has 144 valence electrons. The van der Waals surface area contributed by atoms with Gasteiger partial charge in [0.2, 0.25) is 0 Å². The molecule has 3 aromatic carbocycles. The van der Waals surface area contributed by atoms with Crippen LogP contribution in [-0.2, 0) is 11.4 Å². The van der Waals surface area contributed by atoms with Crippen LogP contribution in [0.3, 0.4) is 0 Å². The molecule has 0 unspecified atom stereocenters. The number of aryl methyl sites for hydroxylation is 1. The van der Waals surface area contributed by atoms with Gasteiger partial charge in [0.25, 0.3) is 5.91 Å². The molecule has 1 amide bonds. The number of nitrogens with zero attached hydrogens (tertiary/aromatic N) is 1. The Labute approximate surface area is 178 Å². The van der Waals surface area contributed by atoms with E-state index in [1.54, 1.807) is 6.07 Å². The van der Waals surface area contributed by atoms with E-state index in [0.29, 0.717) is 23.6 Å². The molecule has 3 rings (SSSR count). The molecule has 0 saturated carbocycles. The summed E-state index contributed by atoms with van der Waals surface area (Å²) < 4.78 is 6.76. The molecule has 0 fully saturated rings. The first kappa shape index (κ1) is 20.4. The highest BCUT2D eigenvalue weighted by molar-refractivity contribution is 9.10. The van der Waals surface area contributed by atoms with Crippen molar-refractivity contribution in [1.82, 2.24) is 0 Å². The van der Waals surface area contributed by atoms with Gasteiger partial charge < -0.3 is 10.1 Å². The smallest absolute Gasteiger partial charge is 0.266 e. The average Bonchev–Trinajstić information content (AvgIpc) is 2.72. The monoisotopic (exact) mass is 446 g/mol. The minimum atomic E-state index is -0.466. The molecular weight excluding hydrogens is 428 g/mol. The molecule has 0 atom stereocenters. The number of anilines is 1. The summed E-state index contributed by atoms with van der Waals surface area (Å²) in [6.07, 6.45) is 1.54. The Morgan fingerprint density at radius 2 is 1.90 bits per heavy atom. The summed E-state index contributed by atoms with van der Waals surface area (Å²) in [7, 11) is 0. The van der Waals surface area contributed by atoms with Crippen LogP contribution in [0.5, 0.6) is 5.75 Å². The maximum Gasteiger partial charge on any atom is 0.266 e. The first-order valence-corrected chi connectivity index (χ1v) is 9.80. The number of hydrogen-bond acceptors (Lipinski definition) is 3. The Morgan fingerprint density at radius 1 is 1.10 bits per heavy atom. The minimum absolute atomic E-state index is 0.00540. The Bertz CT molecular complexity index is 1090. The maximum absolute atomic E-state index is 12.6. The second-order valence-corrected chi connectivity index (χ2v) is 7.37. The highest BCUT2D eigenvalue weighted by Gasteiger charge is 2.12. The van der Waals surface area contributed by atoms with E-state index < -0.39 is 5.91 Å². The molecule has 0 heterocycles. The van der Waals surface area contributed by atoms with E-state index >= 15 is 0 Å². The zero-order valence-corrected chi connectivity index (χ0v) is 17.4. The van der Waals surface area contributed by atoms with Crippen LogP contribution in [0.25, 0.3) is 6.08 Å². The van der Waals surface area contributed by atoms with Crippen LogP contribution in [0.15, 0.2) is 82.8 Å². The highest BCUT2D eigenvalue weighted by atomic mass is 79.9. The molecule has 0 aliphatic rings. The molecule has 0 aromatic heterocycles. The standard InChI is InChI=1S/C24H19BrN2O2/c1-17-6-5-9-22(12-17)27-24(28)20(15-26)13-19-14-21(25)10-11-23(19)29-16-18-7-3-2-4-8-18/h2-14H,16H2,1H3,(H,27,28)/b20-13+. The molecule has 5 heteroatoms. The van der Waals surface area contributed by atoms with Crippen LogP contribution < -0.4 is 10.1 Å². The van der Waals surface area contributed by atoms with Crippen molar-refractivity contribution in [1.29, 1.82) is 5.26 Å². The van der Waals surface area contributed by atoms with Gasteiger partial charge in [-0.15, -0.1) is 0 Å². The van der Waals surface area contributed by atoms with Crippen LogP contribution in [0.4, 0.5) is 5.69 Å². The van der Waals surface area contributed by atoms with Crippen molar-refractivity contribution in [3.63, 3.8) is 0 Å². The molecule has 29 heavy (non-hydrogen) atoms. The number of halogens is 1. The third-order valence-corrected chi connectivity index (χ3v) is 4.64. The Hall–Kier alpha value is -3.36. The lowest BCUT2D eigenvalue weighted by atomic mass is 10.1. The van der Waals surface area contributed by atoms with E-state index in [1.165, 1.54) is 6.08 Å². The molecule has 0 saturated heterocycles. The van der Waals surface area contributed by atoms with Crippen molar-refractivity contribution in [3.05, 3.63) is 99.5 Å². The molecule has 4 nitrogen and oxygen atoms in total. The van der Waals surface area contributed by atoms with Gasteiger partial charge in [-0.1, -0.05) is 58.4 Å². The third kappa shape index (κ3) is 5.81. The number of nitrogens with one attached hydrogen (secondary N) is 1. The van der Waals surface area contributed by atoms with Gasteiger partial charge in [-0.3, -0.25) is 4.79 Å². The van der Waals surface area contributed by atoms with Crippen LogP contribution >= 0.6 is 15.9 Å². The SMILES string of the molecule is Cc1cccc(NC(=O)/C(C#N)=C/c2cc(Br)ccc2OCc2ccccc2)c1. The molecule has 0 aliphatic carbocycles. The van der Waals surface area contributed by atoms with E-state index in [0.717, 1.165) is 15.6 Å². The van der Waals surface area contributed by atoms with Crippen LogP contribution in [0.2, 0.25) is 0 Å². The van der Waals surface area contributed by atoms with Gasteiger partial charge in [0.05, 0.1) is 0 Å². The summed E-state index contributed by atoms with van der Waals surface area (Å²) in [4.78, 5) is 12.6. The number of carbonyl (C=O) groups excluding carboxylic acids is 1. The normalized spacial score (nSPS) is 10.9. The number of nitriles is 1. The van der Waals surface area contributed by atoms with E-state index in [1.807, 2.05) is 79.7 Å². The summed E-state index contributed by atoms with van der Waals surface area (Å²) in [5, 5.41) is 12.3. The predicted molar refractivity (Wildman–Crippen MR) is 118 cm³/mol. The summed E-state index contributed by atoms with van der Waals surface area (Å²) in [6.45, 7) is 2.33. The lowest BCUT2D eigenvalue weighted by Crippen LogP contribution is -2.13. The topological polar surface area (TPSA) is 62.1 Å². The predicted octanol–water partition coefficient (Wildman–Crippen LogP) is 5.88. The number of rotatable bonds is 6. The zero-order chi connectivity index (χ0) is 20.6. The molecular formula is C24H19BrN2O2.